The van der Waals surface area contributed by atoms with Gasteiger partial charge in [0.25, 0.3) is 5.69 Å². The van der Waals surface area contributed by atoms with Gasteiger partial charge in [0.1, 0.15) is 0 Å². The van der Waals surface area contributed by atoms with E-state index in [1.807, 2.05) is 0 Å². The predicted molar refractivity (Wildman–Crippen MR) is 63.3 cm³/mol. The van der Waals surface area contributed by atoms with E-state index < -0.39 is 4.92 Å². The van der Waals surface area contributed by atoms with Gasteiger partial charge in [0, 0.05) is 18.7 Å². The number of carbonyl (C=O) groups is 1. The molecule has 0 spiro atoms. The Morgan fingerprint density at radius 1 is 1.62 bits per heavy atom. The summed E-state index contributed by atoms with van der Waals surface area (Å²) in [6.45, 7) is 2.00. The highest BCUT2D eigenvalue weighted by molar-refractivity contribution is 9.10. The number of rotatable bonds is 4. The zero-order valence-electron chi connectivity index (χ0n) is 8.64. The van der Waals surface area contributed by atoms with Gasteiger partial charge >= 0.3 is 0 Å². The normalized spacial score (nSPS) is 11.9. The van der Waals surface area contributed by atoms with Crippen LogP contribution in [0.3, 0.4) is 0 Å². The van der Waals surface area contributed by atoms with Gasteiger partial charge in [-0.1, -0.05) is 28.1 Å². The molecule has 0 heterocycles. The Bertz CT molecular complexity index is 407. The molecule has 0 aromatic heterocycles. The SMILES string of the molecule is CC(Br)C(=O)NCc1cccc([N+](=O)[O-])c1. The van der Waals surface area contributed by atoms with E-state index in [9.17, 15) is 14.9 Å². The highest BCUT2D eigenvalue weighted by Crippen LogP contribution is 2.12. The van der Waals surface area contributed by atoms with Crippen molar-refractivity contribution in [3.63, 3.8) is 0 Å². The molecular weight excluding hydrogens is 276 g/mol. The summed E-state index contributed by atoms with van der Waals surface area (Å²) in [6.07, 6.45) is 0. The summed E-state index contributed by atoms with van der Waals surface area (Å²) in [5, 5.41) is 13.2. The maximum atomic E-state index is 11.2. The molecule has 0 fully saturated rings. The number of nitrogens with zero attached hydrogens (tertiary/aromatic N) is 1. The second-order valence-corrected chi connectivity index (χ2v) is 4.63. The molecule has 0 aliphatic carbocycles. The first kappa shape index (κ1) is 12.6. The molecule has 1 atom stereocenters. The molecule has 0 aliphatic rings. The molecule has 1 aromatic carbocycles. The standard InChI is InChI=1S/C10H11BrN2O3/c1-7(11)10(14)12-6-8-3-2-4-9(5-8)13(15)16/h2-5,7H,6H2,1H3,(H,12,14). The number of alkyl halides is 1. The Kier molecular flexibility index (Phi) is 4.42. The number of nitrogens with one attached hydrogen (secondary N) is 1. The van der Waals surface area contributed by atoms with Gasteiger partial charge in [-0.2, -0.15) is 0 Å². The second-order valence-electron chi connectivity index (χ2n) is 3.26. The number of carbonyl (C=O) groups excluding carboxylic acids is 1. The summed E-state index contributed by atoms with van der Waals surface area (Å²) in [4.78, 5) is 21.0. The number of non-ortho nitro benzene ring substituents is 1. The minimum Gasteiger partial charge on any atom is -0.351 e. The van der Waals surface area contributed by atoms with Gasteiger partial charge < -0.3 is 5.32 Å². The lowest BCUT2D eigenvalue weighted by Crippen LogP contribution is -2.28. The van der Waals surface area contributed by atoms with Gasteiger partial charge in [-0.05, 0) is 12.5 Å². The molecule has 16 heavy (non-hydrogen) atoms. The van der Waals surface area contributed by atoms with E-state index in [0.717, 1.165) is 0 Å². The van der Waals surface area contributed by atoms with Crippen molar-refractivity contribution in [1.82, 2.24) is 5.32 Å². The minimum atomic E-state index is -0.460. The van der Waals surface area contributed by atoms with Crippen LogP contribution in [0.1, 0.15) is 12.5 Å². The van der Waals surface area contributed by atoms with Crippen LogP contribution in [0, 0.1) is 10.1 Å². The van der Waals surface area contributed by atoms with Crippen LogP contribution in [0.5, 0.6) is 0 Å². The molecule has 0 saturated carbocycles. The molecule has 0 radical (unpaired) electrons. The third-order valence-corrected chi connectivity index (χ3v) is 2.37. The first-order valence-electron chi connectivity index (χ1n) is 4.66. The molecule has 5 nitrogen and oxygen atoms in total. The maximum Gasteiger partial charge on any atom is 0.269 e. The molecule has 0 bridgehead atoms. The number of hydrogen-bond donors (Lipinski definition) is 1. The average Bonchev–Trinajstić information content (AvgIpc) is 2.26. The Hall–Kier alpha value is -1.43. The van der Waals surface area contributed by atoms with Gasteiger partial charge in [-0.25, -0.2) is 0 Å². The number of nitro benzene ring substituents is 1. The third-order valence-electron chi connectivity index (χ3n) is 1.95. The van der Waals surface area contributed by atoms with Crippen molar-refractivity contribution in [3.05, 3.63) is 39.9 Å². The zero-order valence-corrected chi connectivity index (χ0v) is 10.2. The second kappa shape index (κ2) is 5.60. The van der Waals surface area contributed by atoms with Crippen LogP contribution in [0.15, 0.2) is 24.3 Å². The number of halogens is 1. The quantitative estimate of drug-likeness (QED) is 0.523. The lowest BCUT2D eigenvalue weighted by Gasteiger charge is -2.06. The monoisotopic (exact) mass is 286 g/mol. The van der Waals surface area contributed by atoms with E-state index in [-0.39, 0.29) is 23.0 Å². The lowest BCUT2D eigenvalue weighted by atomic mass is 10.2. The summed E-state index contributed by atoms with van der Waals surface area (Å²) in [6, 6.07) is 6.18. The highest BCUT2D eigenvalue weighted by atomic mass is 79.9. The van der Waals surface area contributed by atoms with Crippen molar-refractivity contribution in [2.45, 2.75) is 18.3 Å². The van der Waals surface area contributed by atoms with Crippen molar-refractivity contribution < 1.29 is 9.72 Å². The topological polar surface area (TPSA) is 72.2 Å². The molecule has 1 aromatic rings. The molecule has 1 unspecified atom stereocenters. The largest absolute Gasteiger partial charge is 0.351 e. The Morgan fingerprint density at radius 3 is 2.88 bits per heavy atom. The van der Waals surface area contributed by atoms with Gasteiger partial charge in [0.15, 0.2) is 0 Å². The number of hydrogen-bond acceptors (Lipinski definition) is 3. The Balaban J connectivity index is 2.64. The van der Waals surface area contributed by atoms with E-state index >= 15 is 0 Å². The summed E-state index contributed by atoms with van der Waals surface area (Å²) >= 11 is 3.13. The summed E-state index contributed by atoms with van der Waals surface area (Å²) < 4.78 is 0. The van der Waals surface area contributed by atoms with Crippen LogP contribution in [0.4, 0.5) is 5.69 Å². The van der Waals surface area contributed by atoms with Gasteiger partial charge in [-0.15, -0.1) is 0 Å². The first-order chi connectivity index (χ1) is 7.50. The van der Waals surface area contributed by atoms with Crippen LogP contribution >= 0.6 is 15.9 Å². The van der Waals surface area contributed by atoms with Crippen molar-refractivity contribution in [3.8, 4) is 0 Å². The summed E-state index contributed by atoms with van der Waals surface area (Å²) in [5.74, 6) is -0.147. The molecule has 0 aliphatic heterocycles. The third kappa shape index (κ3) is 3.62. The van der Waals surface area contributed by atoms with Crippen molar-refractivity contribution in [2.75, 3.05) is 0 Å². The van der Waals surface area contributed by atoms with Gasteiger partial charge in [0.2, 0.25) is 5.91 Å². The number of benzene rings is 1. The summed E-state index contributed by atoms with van der Waals surface area (Å²) in [7, 11) is 0. The van der Waals surface area contributed by atoms with E-state index in [2.05, 4.69) is 21.2 Å². The Labute approximate surface area is 101 Å². The number of amides is 1. The highest BCUT2D eigenvalue weighted by Gasteiger charge is 2.09. The van der Waals surface area contributed by atoms with Crippen LogP contribution in [0.2, 0.25) is 0 Å². The Morgan fingerprint density at radius 2 is 2.31 bits per heavy atom. The zero-order chi connectivity index (χ0) is 12.1. The van der Waals surface area contributed by atoms with Gasteiger partial charge in [-0.3, -0.25) is 14.9 Å². The van der Waals surface area contributed by atoms with Crippen molar-refractivity contribution >= 4 is 27.5 Å². The fourth-order valence-corrected chi connectivity index (χ4v) is 1.27. The van der Waals surface area contributed by atoms with Crippen LogP contribution in [-0.2, 0) is 11.3 Å². The van der Waals surface area contributed by atoms with Gasteiger partial charge in [0.05, 0.1) is 9.75 Å². The van der Waals surface area contributed by atoms with E-state index in [4.69, 9.17) is 0 Å². The maximum absolute atomic E-state index is 11.2. The van der Waals surface area contributed by atoms with E-state index in [1.54, 1.807) is 19.1 Å². The molecule has 1 amide bonds. The molecule has 0 saturated heterocycles. The molecule has 6 heteroatoms. The van der Waals surface area contributed by atoms with Crippen LogP contribution < -0.4 is 5.32 Å². The fraction of sp³-hybridized carbons (Fsp3) is 0.300. The minimum absolute atomic E-state index is 0.0265. The molecule has 1 rings (SSSR count). The average molecular weight is 287 g/mol. The predicted octanol–water partition coefficient (Wildman–Crippen LogP) is 1.99. The van der Waals surface area contributed by atoms with Crippen LogP contribution in [0.25, 0.3) is 0 Å². The van der Waals surface area contributed by atoms with Crippen molar-refractivity contribution in [2.24, 2.45) is 0 Å². The van der Waals surface area contributed by atoms with Crippen LogP contribution in [-0.4, -0.2) is 15.7 Å². The molecule has 1 N–H and O–H groups in total. The fourth-order valence-electron chi connectivity index (χ4n) is 1.11. The lowest BCUT2D eigenvalue weighted by molar-refractivity contribution is -0.384. The smallest absolute Gasteiger partial charge is 0.269 e. The number of nitro groups is 1. The molecular formula is C10H11BrN2O3. The first-order valence-corrected chi connectivity index (χ1v) is 5.57. The van der Waals surface area contributed by atoms with Crippen molar-refractivity contribution in [1.29, 1.82) is 0 Å². The molecule has 86 valence electrons. The van der Waals surface area contributed by atoms with E-state index in [1.165, 1.54) is 12.1 Å². The summed E-state index contributed by atoms with van der Waals surface area (Å²) in [5.41, 5.74) is 0.731. The van der Waals surface area contributed by atoms with E-state index in [0.29, 0.717) is 5.56 Å².